The minimum atomic E-state index is 0.632. The molecule has 2 N–H and O–H groups in total. The molecule has 4 heteroatoms. The number of rotatable bonds is 3. The normalized spacial score (nSPS) is 9.71. The van der Waals surface area contributed by atoms with Gasteiger partial charge in [0.2, 0.25) is 0 Å². The van der Waals surface area contributed by atoms with Crippen molar-refractivity contribution < 1.29 is 9.47 Å². The predicted molar refractivity (Wildman–Crippen MR) is 94.1 cm³/mol. The van der Waals surface area contributed by atoms with Crippen molar-refractivity contribution in [2.24, 2.45) is 0 Å². The first-order valence-corrected chi connectivity index (χ1v) is 7.38. The van der Waals surface area contributed by atoms with E-state index in [-0.39, 0.29) is 0 Å². The van der Waals surface area contributed by atoms with Crippen molar-refractivity contribution in [3.8, 4) is 29.1 Å². The predicted octanol–water partition coefficient (Wildman–Crippen LogP) is 3.86. The Balaban J connectivity index is 1.78. The molecule has 0 aliphatic heterocycles. The zero-order valence-corrected chi connectivity index (χ0v) is 13.2. The minimum absolute atomic E-state index is 0.632. The maximum absolute atomic E-state index is 5.82. The molecule has 0 amide bonds. The zero-order valence-electron chi connectivity index (χ0n) is 13.2. The van der Waals surface area contributed by atoms with Crippen LogP contribution >= 0.6 is 0 Å². The van der Waals surface area contributed by atoms with Crippen LogP contribution in [-0.2, 0) is 0 Å². The lowest BCUT2D eigenvalue weighted by atomic mass is 10.2. The molecule has 1 heterocycles. The number of ether oxygens (including phenoxy) is 2. The van der Waals surface area contributed by atoms with Crippen LogP contribution < -0.4 is 15.2 Å². The number of anilines is 1. The van der Waals surface area contributed by atoms with E-state index in [0.717, 1.165) is 11.3 Å². The minimum Gasteiger partial charge on any atom is -0.497 e. The summed E-state index contributed by atoms with van der Waals surface area (Å²) in [5.41, 5.74) is 7.89. The molecule has 0 spiro atoms. The number of pyridine rings is 1. The van der Waals surface area contributed by atoms with Gasteiger partial charge >= 0.3 is 0 Å². The molecule has 4 nitrogen and oxygen atoms in total. The van der Waals surface area contributed by atoms with Gasteiger partial charge in [-0.3, -0.25) is 0 Å². The van der Waals surface area contributed by atoms with Crippen molar-refractivity contribution in [1.82, 2.24) is 4.98 Å². The van der Waals surface area contributed by atoms with Gasteiger partial charge in [0.15, 0.2) is 0 Å². The average Bonchev–Trinajstić information content (AvgIpc) is 2.62. The maximum atomic E-state index is 5.82. The lowest BCUT2D eigenvalue weighted by Gasteiger charge is -2.07. The summed E-state index contributed by atoms with van der Waals surface area (Å²) < 4.78 is 11.0. The first-order valence-electron chi connectivity index (χ1n) is 7.38. The number of hydrogen-bond acceptors (Lipinski definition) is 4. The second-order valence-corrected chi connectivity index (χ2v) is 5.03. The number of benzene rings is 2. The molecule has 0 bridgehead atoms. The number of nitrogens with zero attached hydrogens (tertiary/aromatic N) is 1. The van der Waals surface area contributed by atoms with Gasteiger partial charge in [0.25, 0.3) is 0 Å². The number of nitrogens with two attached hydrogens (primary N) is 1. The molecular weight excluding hydrogens is 300 g/mol. The lowest BCUT2D eigenvalue weighted by Crippen LogP contribution is -1.89. The van der Waals surface area contributed by atoms with Crippen LogP contribution in [0.3, 0.4) is 0 Å². The molecule has 2 aromatic carbocycles. The number of aromatic nitrogens is 1. The Hall–Kier alpha value is -3.45. The van der Waals surface area contributed by atoms with Gasteiger partial charge in [-0.2, -0.15) is 0 Å². The van der Waals surface area contributed by atoms with Crippen LogP contribution in [0, 0.1) is 11.8 Å². The molecule has 3 rings (SSSR count). The average molecular weight is 316 g/mol. The Morgan fingerprint density at radius 3 is 2.42 bits per heavy atom. The molecule has 0 saturated carbocycles. The van der Waals surface area contributed by atoms with Gasteiger partial charge in [0.1, 0.15) is 22.9 Å². The first kappa shape index (κ1) is 15.4. The van der Waals surface area contributed by atoms with Gasteiger partial charge in [-0.05, 0) is 48.4 Å². The second-order valence-electron chi connectivity index (χ2n) is 5.03. The molecule has 0 unspecified atom stereocenters. The molecule has 0 fully saturated rings. The van der Waals surface area contributed by atoms with Gasteiger partial charge in [0.05, 0.1) is 7.11 Å². The van der Waals surface area contributed by atoms with E-state index in [0.29, 0.717) is 22.9 Å². The van der Waals surface area contributed by atoms with Gasteiger partial charge < -0.3 is 15.2 Å². The Morgan fingerprint density at radius 2 is 1.62 bits per heavy atom. The number of nitrogen functional groups attached to an aromatic ring is 1. The summed E-state index contributed by atoms with van der Waals surface area (Å²) in [7, 11) is 1.62. The van der Waals surface area contributed by atoms with E-state index in [2.05, 4.69) is 16.8 Å². The lowest BCUT2D eigenvalue weighted by molar-refractivity contribution is 0.409. The maximum Gasteiger partial charge on any atom is 0.131 e. The fourth-order valence-corrected chi connectivity index (χ4v) is 2.05. The van der Waals surface area contributed by atoms with Crippen LogP contribution in [0.25, 0.3) is 0 Å². The fraction of sp³-hybridized carbons (Fsp3) is 0.0500. The molecular formula is C20H16N2O2. The van der Waals surface area contributed by atoms with Crippen molar-refractivity contribution in [3.63, 3.8) is 0 Å². The molecule has 3 aromatic rings. The Bertz CT molecular complexity index is 893. The number of methoxy groups -OCH3 is 1. The van der Waals surface area contributed by atoms with Crippen molar-refractivity contribution in [3.05, 3.63) is 78.1 Å². The first-order chi connectivity index (χ1) is 11.7. The molecule has 0 aliphatic rings. The second kappa shape index (κ2) is 7.21. The smallest absolute Gasteiger partial charge is 0.131 e. The molecule has 1 aromatic heterocycles. The van der Waals surface area contributed by atoms with Crippen molar-refractivity contribution in [1.29, 1.82) is 0 Å². The van der Waals surface area contributed by atoms with E-state index in [1.54, 1.807) is 25.4 Å². The van der Waals surface area contributed by atoms with Crippen LogP contribution in [0.15, 0.2) is 66.9 Å². The summed E-state index contributed by atoms with van der Waals surface area (Å²) in [5.74, 6) is 8.18. The van der Waals surface area contributed by atoms with E-state index in [4.69, 9.17) is 15.2 Å². The Labute approximate surface area is 140 Å². The van der Waals surface area contributed by atoms with Crippen LogP contribution in [0.1, 0.15) is 11.3 Å². The van der Waals surface area contributed by atoms with E-state index >= 15 is 0 Å². The highest BCUT2D eigenvalue weighted by Crippen LogP contribution is 2.25. The van der Waals surface area contributed by atoms with Gasteiger partial charge in [-0.25, -0.2) is 4.98 Å². The van der Waals surface area contributed by atoms with E-state index in [1.807, 2.05) is 48.5 Å². The molecule has 118 valence electrons. The fourth-order valence-electron chi connectivity index (χ4n) is 2.05. The largest absolute Gasteiger partial charge is 0.497 e. The van der Waals surface area contributed by atoms with Gasteiger partial charge in [0, 0.05) is 29.6 Å². The Kier molecular flexibility index (Phi) is 4.64. The van der Waals surface area contributed by atoms with Crippen LogP contribution in [0.5, 0.6) is 17.2 Å². The van der Waals surface area contributed by atoms with E-state index in [1.165, 1.54) is 0 Å². The van der Waals surface area contributed by atoms with Gasteiger partial charge in [-0.15, -0.1) is 0 Å². The van der Waals surface area contributed by atoms with Crippen molar-refractivity contribution in [2.75, 3.05) is 12.8 Å². The van der Waals surface area contributed by atoms with Crippen molar-refractivity contribution >= 4 is 5.69 Å². The third-order valence-electron chi connectivity index (χ3n) is 3.25. The molecule has 24 heavy (non-hydrogen) atoms. The molecule has 0 aliphatic carbocycles. The highest BCUT2D eigenvalue weighted by molar-refractivity contribution is 5.47. The highest BCUT2D eigenvalue weighted by Gasteiger charge is 2.00. The van der Waals surface area contributed by atoms with E-state index < -0.39 is 0 Å². The van der Waals surface area contributed by atoms with Gasteiger partial charge in [-0.1, -0.05) is 12.0 Å². The summed E-state index contributed by atoms with van der Waals surface area (Å²) in [5, 5.41) is 0. The molecule has 0 saturated heterocycles. The SMILES string of the molecule is COc1cccc(Oc2ccnc(C#Cc3ccc(N)cc3)c2)c1. The monoisotopic (exact) mass is 316 g/mol. The topological polar surface area (TPSA) is 57.4 Å². The third kappa shape index (κ3) is 4.05. The van der Waals surface area contributed by atoms with Crippen LogP contribution in [0.4, 0.5) is 5.69 Å². The van der Waals surface area contributed by atoms with Crippen LogP contribution in [0.2, 0.25) is 0 Å². The third-order valence-corrected chi connectivity index (χ3v) is 3.25. The summed E-state index contributed by atoms with van der Waals surface area (Å²) in [6.45, 7) is 0. The molecule has 0 atom stereocenters. The van der Waals surface area contributed by atoms with E-state index in [9.17, 15) is 0 Å². The highest BCUT2D eigenvalue weighted by atomic mass is 16.5. The summed E-state index contributed by atoms with van der Waals surface area (Å²) in [6.07, 6.45) is 1.67. The Morgan fingerprint density at radius 1 is 0.875 bits per heavy atom. The zero-order chi connectivity index (χ0) is 16.8. The number of hydrogen-bond donors (Lipinski definition) is 1. The summed E-state index contributed by atoms with van der Waals surface area (Å²) >= 11 is 0. The van der Waals surface area contributed by atoms with Crippen LogP contribution in [-0.4, -0.2) is 12.1 Å². The summed E-state index contributed by atoms with van der Waals surface area (Å²) in [4.78, 5) is 4.24. The van der Waals surface area contributed by atoms with Crippen molar-refractivity contribution in [2.45, 2.75) is 0 Å². The molecule has 0 radical (unpaired) electrons. The quantitative estimate of drug-likeness (QED) is 0.589. The standard InChI is InChI=1S/C20H16N2O2/c1-23-18-3-2-4-19(14-18)24-20-11-12-22-17(13-20)10-7-15-5-8-16(21)9-6-15/h2-6,8-9,11-14H,21H2,1H3. The summed E-state index contributed by atoms with van der Waals surface area (Å²) in [6, 6.07) is 18.4.